The Kier molecular flexibility index (Phi) is 2.98. The molecular formula is C13H14N2. The van der Waals surface area contributed by atoms with E-state index in [1.54, 1.807) is 6.20 Å². The van der Waals surface area contributed by atoms with Crippen LogP contribution in [0.1, 0.15) is 18.5 Å². The lowest BCUT2D eigenvalue weighted by Crippen LogP contribution is -2.06. The number of aromatic nitrogens is 1. The van der Waals surface area contributed by atoms with E-state index in [0.717, 1.165) is 5.69 Å². The van der Waals surface area contributed by atoms with Crippen LogP contribution in [-0.4, -0.2) is 4.98 Å². The Balaban J connectivity index is 2.08. The highest BCUT2D eigenvalue weighted by Crippen LogP contribution is 2.17. The summed E-state index contributed by atoms with van der Waals surface area (Å²) in [6, 6.07) is 14.6. The van der Waals surface area contributed by atoms with E-state index in [1.165, 1.54) is 5.56 Å². The molecule has 1 N–H and O–H groups in total. The molecule has 1 atom stereocenters. The predicted molar refractivity (Wildman–Crippen MR) is 62.7 cm³/mol. The first-order valence-electron chi connectivity index (χ1n) is 5.08. The zero-order chi connectivity index (χ0) is 10.5. The van der Waals surface area contributed by atoms with E-state index < -0.39 is 0 Å². The molecule has 2 rings (SSSR count). The van der Waals surface area contributed by atoms with Crippen LogP contribution in [0.3, 0.4) is 0 Å². The lowest BCUT2D eigenvalue weighted by Gasteiger charge is -2.14. The maximum Gasteiger partial charge on any atom is 0.0531 e. The van der Waals surface area contributed by atoms with Crippen molar-refractivity contribution in [3.05, 3.63) is 60.4 Å². The molecule has 0 unspecified atom stereocenters. The minimum Gasteiger partial charge on any atom is -0.377 e. The van der Waals surface area contributed by atoms with E-state index in [2.05, 4.69) is 41.5 Å². The third kappa shape index (κ3) is 2.56. The van der Waals surface area contributed by atoms with Gasteiger partial charge in [0, 0.05) is 18.4 Å². The molecule has 0 aliphatic rings. The van der Waals surface area contributed by atoms with Crippen molar-refractivity contribution in [2.24, 2.45) is 0 Å². The molecule has 0 fully saturated rings. The first-order valence-corrected chi connectivity index (χ1v) is 5.08. The summed E-state index contributed by atoms with van der Waals surface area (Å²) in [5.41, 5.74) is 2.33. The average Bonchev–Trinajstić information content (AvgIpc) is 2.31. The Morgan fingerprint density at radius 1 is 1.07 bits per heavy atom. The van der Waals surface area contributed by atoms with Gasteiger partial charge in [-0.25, -0.2) is 0 Å². The van der Waals surface area contributed by atoms with Crippen LogP contribution in [0.25, 0.3) is 0 Å². The monoisotopic (exact) mass is 198 g/mol. The predicted octanol–water partition coefficient (Wildman–Crippen LogP) is 3.25. The number of pyridine rings is 1. The van der Waals surface area contributed by atoms with Crippen LogP contribution in [0.5, 0.6) is 0 Å². The molecule has 0 radical (unpaired) electrons. The Morgan fingerprint density at radius 3 is 2.53 bits per heavy atom. The SMILES string of the molecule is C[C@@H](Nc1cccnc1)c1ccccc1. The number of nitrogens with zero attached hydrogens (tertiary/aromatic N) is 1. The molecule has 0 saturated carbocycles. The average molecular weight is 198 g/mol. The van der Waals surface area contributed by atoms with Gasteiger partial charge in [0.15, 0.2) is 0 Å². The van der Waals surface area contributed by atoms with Crippen molar-refractivity contribution < 1.29 is 0 Å². The molecule has 76 valence electrons. The fourth-order valence-corrected chi connectivity index (χ4v) is 1.52. The number of nitrogens with one attached hydrogen (secondary N) is 1. The summed E-state index contributed by atoms with van der Waals surface area (Å²) in [7, 11) is 0. The molecule has 1 aromatic heterocycles. The second-order valence-corrected chi connectivity index (χ2v) is 3.52. The summed E-state index contributed by atoms with van der Waals surface area (Å²) in [6.07, 6.45) is 3.61. The van der Waals surface area contributed by atoms with Crippen LogP contribution >= 0.6 is 0 Å². The summed E-state index contributed by atoms with van der Waals surface area (Å²) >= 11 is 0. The van der Waals surface area contributed by atoms with Gasteiger partial charge >= 0.3 is 0 Å². The van der Waals surface area contributed by atoms with Crippen LogP contribution < -0.4 is 5.32 Å². The second kappa shape index (κ2) is 4.60. The van der Waals surface area contributed by atoms with E-state index in [1.807, 2.05) is 24.4 Å². The second-order valence-electron chi connectivity index (χ2n) is 3.52. The van der Waals surface area contributed by atoms with Crippen molar-refractivity contribution in [2.45, 2.75) is 13.0 Å². The molecule has 1 aromatic carbocycles. The number of rotatable bonds is 3. The van der Waals surface area contributed by atoms with E-state index in [4.69, 9.17) is 0 Å². The molecular weight excluding hydrogens is 184 g/mol. The quantitative estimate of drug-likeness (QED) is 0.818. The summed E-state index contributed by atoms with van der Waals surface area (Å²) in [5.74, 6) is 0. The molecule has 1 heterocycles. The van der Waals surface area contributed by atoms with Gasteiger partial charge in [0.1, 0.15) is 0 Å². The van der Waals surface area contributed by atoms with Gasteiger partial charge in [0.05, 0.1) is 5.69 Å². The Labute approximate surface area is 90.0 Å². The van der Waals surface area contributed by atoms with Gasteiger partial charge in [-0.2, -0.15) is 0 Å². The molecule has 0 amide bonds. The van der Waals surface area contributed by atoms with E-state index in [9.17, 15) is 0 Å². The fraction of sp³-hybridized carbons (Fsp3) is 0.154. The zero-order valence-electron chi connectivity index (χ0n) is 8.72. The van der Waals surface area contributed by atoms with Gasteiger partial charge in [-0.05, 0) is 24.6 Å². The zero-order valence-corrected chi connectivity index (χ0v) is 8.72. The van der Waals surface area contributed by atoms with Crippen LogP contribution in [-0.2, 0) is 0 Å². The Bertz CT molecular complexity index is 397. The molecule has 0 saturated heterocycles. The highest BCUT2D eigenvalue weighted by Gasteiger charge is 2.03. The van der Waals surface area contributed by atoms with Crippen LogP contribution in [0.15, 0.2) is 54.9 Å². The highest BCUT2D eigenvalue weighted by atomic mass is 14.9. The third-order valence-electron chi connectivity index (χ3n) is 2.34. The maximum absolute atomic E-state index is 4.07. The van der Waals surface area contributed by atoms with E-state index in [-0.39, 0.29) is 0 Å². The van der Waals surface area contributed by atoms with Gasteiger partial charge in [-0.1, -0.05) is 30.3 Å². The summed E-state index contributed by atoms with van der Waals surface area (Å²) in [4.78, 5) is 4.07. The molecule has 2 heteroatoms. The molecule has 2 aromatic rings. The number of hydrogen-bond acceptors (Lipinski definition) is 2. The highest BCUT2D eigenvalue weighted by molar-refractivity contribution is 5.42. The van der Waals surface area contributed by atoms with E-state index in [0.29, 0.717) is 6.04 Å². The fourth-order valence-electron chi connectivity index (χ4n) is 1.52. The standard InChI is InChI=1S/C13H14N2/c1-11(12-6-3-2-4-7-12)15-13-8-5-9-14-10-13/h2-11,15H,1H3/t11-/m1/s1. The van der Waals surface area contributed by atoms with E-state index >= 15 is 0 Å². The normalized spacial score (nSPS) is 12.1. The first-order chi connectivity index (χ1) is 7.36. The van der Waals surface area contributed by atoms with Crippen molar-refractivity contribution in [2.75, 3.05) is 5.32 Å². The summed E-state index contributed by atoms with van der Waals surface area (Å²) in [6.45, 7) is 2.14. The number of anilines is 1. The Hall–Kier alpha value is -1.83. The molecule has 0 aliphatic heterocycles. The topological polar surface area (TPSA) is 24.9 Å². The van der Waals surface area contributed by atoms with Crippen LogP contribution in [0, 0.1) is 0 Å². The van der Waals surface area contributed by atoms with Crippen LogP contribution in [0.4, 0.5) is 5.69 Å². The summed E-state index contributed by atoms with van der Waals surface area (Å²) in [5, 5.41) is 3.40. The lowest BCUT2D eigenvalue weighted by atomic mass is 10.1. The largest absolute Gasteiger partial charge is 0.377 e. The molecule has 0 spiro atoms. The molecule has 0 bridgehead atoms. The Morgan fingerprint density at radius 2 is 1.87 bits per heavy atom. The van der Waals surface area contributed by atoms with Crippen molar-refractivity contribution >= 4 is 5.69 Å². The maximum atomic E-state index is 4.07. The summed E-state index contributed by atoms with van der Waals surface area (Å²) < 4.78 is 0. The number of benzene rings is 1. The van der Waals surface area contributed by atoms with Crippen molar-refractivity contribution in [1.29, 1.82) is 0 Å². The van der Waals surface area contributed by atoms with Gasteiger partial charge in [0.25, 0.3) is 0 Å². The molecule has 15 heavy (non-hydrogen) atoms. The van der Waals surface area contributed by atoms with Crippen molar-refractivity contribution in [3.63, 3.8) is 0 Å². The minimum absolute atomic E-state index is 0.301. The van der Waals surface area contributed by atoms with Gasteiger partial charge in [-0.3, -0.25) is 4.98 Å². The van der Waals surface area contributed by atoms with Crippen molar-refractivity contribution in [3.8, 4) is 0 Å². The smallest absolute Gasteiger partial charge is 0.0531 e. The third-order valence-corrected chi connectivity index (χ3v) is 2.34. The van der Waals surface area contributed by atoms with Crippen molar-refractivity contribution in [1.82, 2.24) is 4.98 Å². The minimum atomic E-state index is 0.301. The molecule has 0 aliphatic carbocycles. The molecule has 2 nitrogen and oxygen atoms in total. The van der Waals surface area contributed by atoms with Crippen LogP contribution in [0.2, 0.25) is 0 Å². The van der Waals surface area contributed by atoms with Gasteiger partial charge in [-0.15, -0.1) is 0 Å². The van der Waals surface area contributed by atoms with Gasteiger partial charge in [0.2, 0.25) is 0 Å². The number of hydrogen-bond donors (Lipinski definition) is 1. The van der Waals surface area contributed by atoms with Gasteiger partial charge < -0.3 is 5.32 Å². The lowest BCUT2D eigenvalue weighted by molar-refractivity contribution is 0.883. The first kappa shape index (κ1) is 9.71.